The molecule has 2 unspecified atom stereocenters. The van der Waals surface area contributed by atoms with E-state index in [9.17, 15) is 0 Å². The van der Waals surface area contributed by atoms with E-state index in [0.29, 0.717) is 5.82 Å². The van der Waals surface area contributed by atoms with Crippen LogP contribution in [-0.2, 0) is 0 Å². The molecule has 6 nitrogen and oxygen atoms in total. The van der Waals surface area contributed by atoms with Gasteiger partial charge in [-0.05, 0) is 71.3 Å². The van der Waals surface area contributed by atoms with Crippen molar-refractivity contribution < 1.29 is 8.83 Å². The summed E-state index contributed by atoms with van der Waals surface area (Å²) in [6, 6.07) is 85.8. The minimum atomic E-state index is -0.0647. The second kappa shape index (κ2) is 16.7. The highest BCUT2D eigenvalue weighted by Crippen LogP contribution is 2.58. The fraction of sp³-hybridized carbons (Fsp3) is 0.0286. The summed E-state index contributed by atoms with van der Waals surface area (Å²) in [5.74, 6) is 1.73. The predicted molar refractivity (Wildman–Crippen MR) is 310 cm³/mol. The van der Waals surface area contributed by atoms with Crippen LogP contribution in [0, 0.1) is 0 Å². The zero-order valence-corrected chi connectivity index (χ0v) is 41.0. The SMILES string of the molecule is C1=CC2c3ccccc3N(c3ccccc3)C2c2oc3c(-c4ccc(-c5cccc6c5oc5c6ccc6c7ccccc7n(-c7ccccc7)c65)cc4-c4cc(-c5ccccc5)nc(-c5ccccc5)n4)cccc3c21. The van der Waals surface area contributed by atoms with E-state index in [4.69, 9.17) is 18.8 Å². The summed E-state index contributed by atoms with van der Waals surface area (Å²) in [5, 5.41) is 5.53. The van der Waals surface area contributed by atoms with Gasteiger partial charge in [-0.15, -0.1) is 0 Å². The number of nitrogens with zero attached hydrogens (tertiary/aromatic N) is 4. The van der Waals surface area contributed by atoms with E-state index in [1.165, 1.54) is 16.6 Å². The summed E-state index contributed by atoms with van der Waals surface area (Å²) < 4.78 is 17.0. The molecule has 5 heterocycles. The third kappa shape index (κ3) is 6.40. The van der Waals surface area contributed by atoms with Crippen LogP contribution in [0.3, 0.4) is 0 Å². The normalized spacial score (nSPS) is 14.8. The van der Waals surface area contributed by atoms with Gasteiger partial charge < -0.3 is 18.3 Å². The van der Waals surface area contributed by atoms with Crippen molar-refractivity contribution in [3.05, 3.63) is 266 Å². The number of fused-ring (bicyclic) bond motifs is 14. The van der Waals surface area contributed by atoms with Crippen molar-refractivity contribution in [2.24, 2.45) is 0 Å². The molecule has 14 aromatic rings. The van der Waals surface area contributed by atoms with E-state index in [1.807, 2.05) is 24.3 Å². The minimum Gasteiger partial charge on any atom is -0.458 e. The largest absolute Gasteiger partial charge is 0.458 e. The number of hydrogen-bond acceptors (Lipinski definition) is 5. The smallest absolute Gasteiger partial charge is 0.160 e. The van der Waals surface area contributed by atoms with Crippen LogP contribution in [0.5, 0.6) is 0 Å². The van der Waals surface area contributed by atoms with Crippen LogP contribution >= 0.6 is 0 Å². The average Bonchev–Trinajstić information content (AvgIpc) is 4.43. The lowest BCUT2D eigenvalue weighted by molar-refractivity contribution is 0.479. The molecule has 2 atom stereocenters. The molecule has 0 spiro atoms. The van der Waals surface area contributed by atoms with Gasteiger partial charge in [0, 0.05) is 83.3 Å². The molecule has 1 aliphatic carbocycles. The second-order valence-corrected chi connectivity index (χ2v) is 19.9. The van der Waals surface area contributed by atoms with Gasteiger partial charge in [0.25, 0.3) is 0 Å². The number of benzene rings is 10. The Bertz CT molecular complexity index is 4590. The van der Waals surface area contributed by atoms with Crippen LogP contribution in [0.15, 0.2) is 258 Å². The average molecular weight is 973 g/mol. The molecule has 10 aromatic carbocycles. The first kappa shape index (κ1) is 42.5. The molecule has 0 amide bonds. The molecule has 16 rings (SSSR count). The van der Waals surface area contributed by atoms with Crippen LogP contribution in [0.2, 0.25) is 0 Å². The summed E-state index contributed by atoms with van der Waals surface area (Å²) >= 11 is 0. The Kier molecular flexibility index (Phi) is 9.36. The Balaban J connectivity index is 0.935. The van der Waals surface area contributed by atoms with Crippen molar-refractivity contribution in [1.29, 1.82) is 0 Å². The van der Waals surface area contributed by atoms with E-state index in [-0.39, 0.29) is 12.0 Å². The Morgan fingerprint density at radius 1 is 0.395 bits per heavy atom. The van der Waals surface area contributed by atoms with Gasteiger partial charge in [-0.3, -0.25) is 0 Å². The van der Waals surface area contributed by atoms with E-state index < -0.39 is 0 Å². The van der Waals surface area contributed by atoms with Crippen molar-refractivity contribution in [3.8, 4) is 61.8 Å². The topological polar surface area (TPSA) is 60.2 Å². The van der Waals surface area contributed by atoms with Gasteiger partial charge in [0.15, 0.2) is 11.4 Å². The maximum atomic E-state index is 7.41. The first-order valence-electron chi connectivity index (χ1n) is 26.0. The maximum absolute atomic E-state index is 7.41. The Hall–Kier alpha value is -10.0. The van der Waals surface area contributed by atoms with Gasteiger partial charge in [-0.1, -0.05) is 200 Å². The number of furan rings is 2. The lowest BCUT2D eigenvalue weighted by atomic mass is 9.86. The van der Waals surface area contributed by atoms with Crippen molar-refractivity contribution in [3.63, 3.8) is 0 Å². The molecule has 0 bridgehead atoms. The van der Waals surface area contributed by atoms with Crippen molar-refractivity contribution in [2.75, 3.05) is 4.90 Å². The van der Waals surface area contributed by atoms with E-state index in [2.05, 4.69) is 240 Å². The monoisotopic (exact) mass is 972 g/mol. The van der Waals surface area contributed by atoms with E-state index >= 15 is 0 Å². The zero-order chi connectivity index (χ0) is 49.8. The minimum absolute atomic E-state index is 0.0647. The lowest BCUT2D eigenvalue weighted by Crippen LogP contribution is -2.23. The van der Waals surface area contributed by atoms with Crippen molar-refractivity contribution in [1.82, 2.24) is 14.5 Å². The van der Waals surface area contributed by atoms with Crippen molar-refractivity contribution >= 4 is 72.2 Å². The Morgan fingerprint density at radius 3 is 1.84 bits per heavy atom. The molecular formula is C70H44N4O2. The summed E-state index contributed by atoms with van der Waals surface area (Å²) in [6.07, 6.45) is 4.66. The first-order chi connectivity index (χ1) is 37.7. The molecule has 0 saturated heterocycles. The predicted octanol–water partition coefficient (Wildman–Crippen LogP) is 18.6. The molecule has 356 valence electrons. The highest BCUT2D eigenvalue weighted by molar-refractivity contribution is 6.22. The standard InChI is InChI=1S/C70H44N4O2/c1-5-19-43(20-6-1)60-42-61(72-70(71-60)44-21-7-2-8-22-44)59-41-45(48-29-17-31-55-57-39-37-52-50-27-13-15-33-62(50)73(46-23-9-3-10-24-46)64(52)68(57)75-66(48)55)35-36-49(59)54-30-18-32-56-58-40-38-53-51-28-14-16-34-63(51)74(47-25-11-4-12-26-47)65(53)69(58)76-67(54)56/h1-42,53,65H. The molecule has 2 aliphatic rings. The molecule has 0 fully saturated rings. The van der Waals surface area contributed by atoms with Crippen molar-refractivity contribution in [2.45, 2.75) is 12.0 Å². The fourth-order valence-electron chi connectivity index (χ4n) is 12.4. The van der Waals surface area contributed by atoms with Crippen LogP contribution in [0.25, 0.3) is 123 Å². The first-order valence-corrected chi connectivity index (χ1v) is 26.0. The number of aromatic nitrogens is 3. The molecule has 0 saturated carbocycles. The molecule has 0 N–H and O–H groups in total. The lowest BCUT2D eigenvalue weighted by Gasteiger charge is -2.30. The highest BCUT2D eigenvalue weighted by Gasteiger charge is 2.44. The molecule has 76 heavy (non-hydrogen) atoms. The summed E-state index contributed by atoms with van der Waals surface area (Å²) in [6.45, 7) is 0. The van der Waals surface area contributed by atoms with Gasteiger partial charge in [-0.2, -0.15) is 0 Å². The maximum Gasteiger partial charge on any atom is 0.160 e. The van der Waals surface area contributed by atoms with E-state index in [0.717, 1.165) is 122 Å². The molecule has 6 heteroatoms. The number of hydrogen-bond donors (Lipinski definition) is 0. The van der Waals surface area contributed by atoms with Gasteiger partial charge in [0.2, 0.25) is 0 Å². The highest BCUT2D eigenvalue weighted by atomic mass is 16.3. The second-order valence-electron chi connectivity index (χ2n) is 19.9. The summed E-state index contributed by atoms with van der Waals surface area (Å²) in [4.78, 5) is 13.2. The summed E-state index contributed by atoms with van der Waals surface area (Å²) in [7, 11) is 0. The number of para-hydroxylation sites is 6. The number of rotatable bonds is 7. The zero-order valence-electron chi connectivity index (χ0n) is 41.0. The molecular weight excluding hydrogens is 929 g/mol. The van der Waals surface area contributed by atoms with E-state index in [1.54, 1.807) is 0 Å². The summed E-state index contributed by atoms with van der Waals surface area (Å²) in [5.41, 5.74) is 19.0. The van der Waals surface area contributed by atoms with Gasteiger partial charge >= 0.3 is 0 Å². The quantitative estimate of drug-likeness (QED) is 0.159. The molecule has 4 aromatic heterocycles. The van der Waals surface area contributed by atoms with Gasteiger partial charge in [-0.25, -0.2) is 9.97 Å². The fourth-order valence-corrected chi connectivity index (χ4v) is 12.4. The third-order valence-corrected chi connectivity index (χ3v) is 15.8. The Labute approximate surface area is 437 Å². The van der Waals surface area contributed by atoms with Crippen LogP contribution in [-0.4, -0.2) is 14.5 Å². The van der Waals surface area contributed by atoms with Gasteiger partial charge in [0.05, 0.1) is 22.4 Å². The van der Waals surface area contributed by atoms with Crippen LogP contribution in [0.4, 0.5) is 11.4 Å². The third-order valence-electron chi connectivity index (χ3n) is 15.8. The Morgan fingerprint density at radius 2 is 1.03 bits per heavy atom. The van der Waals surface area contributed by atoms with Crippen LogP contribution < -0.4 is 4.90 Å². The molecule has 0 radical (unpaired) electrons. The van der Waals surface area contributed by atoms with Crippen LogP contribution in [0.1, 0.15) is 28.8 Å². The molecule has 1 aliphatic heterocycles. The number of anilines is 2. The van der Waals surface area contributed by atoms with Gasteiger partial charge in [0.1, 0.15) is 23.0 Å².